The van der Waals surface area contributed by atoms with Crippen molar-refractivity contribution >= 4 is 56.2 Å². The fourth-order valence-electron chi connectivity index (χ4n) is 2.17. The van der Waals surface area contributed by atoms with E-state index in [1.807, 2.05) is 12.1 Å². The van der Waals surface area contributed by atoms with Crippen LogP contribution in [0.2, 0.25) is 10.0 Å². The number of fused-ring (bicyclic) bond motifs is 1. The summed E-state index contributed by atoms with van der Waals surface area (Å²) in [4.78, 5) is 0. The number of alkyl halides is 1. The van der Waals surface area contributed by atoms with Crippen molar-refractivity contribution in [2.24, 2.45) is 0 Å². The molecule has 2 aromatic carbocycles. The van der Waals surface area contributed by atoms with Crippen LogP contribution in [0, 0.1) is 0 Å². The quantitative estimate of drug-likeness (QED) is 0.482. The van der Waals surface area contributed by atoms with E-state index in [0.29, 0.717) is 28.3 Å². The molecule has 108 valence electrons. The summed E-state index contributed by atoms with van der Waals surface area (Å²) in [5.74, 6) is 0.909. The smallest absolute Gasteiger partial charge is 0.142 e. The van der Waals surface area contributed by atoms with Crippen LogP contribution in [0.1, 0.15) is 11.1 Å². The Bertz CT molecular complexity index is 782. The highest BCUT2D eigenvalue weighted by molar-refractivity contribution is 7.17. The van der Waals surface area contributed by atoms with Gasteiger partial charge in [-0.25, -0.2) is 0 Å². The maximum atomic E-state index is 6.21. The molecule has 3 aromatic rings. The lowest BCUT2D eigenvalue weighted by atomic mass is 10.2. The van der Waals surface area contributed by atoms with Crippen molar-refractivity contribution in [3.8, 4) is 5.75 Å². The predicted molar refractivity (Wildman–Crippen MR) is 92.2 cm³/mol. The van der Waals surface area contributed by atoms with Gasteiger partial charge >= 0.3 is 0 Å². The molecule has 0 spiro atoms. The van der Waals surface area contributed by atoms with Crippen LogP contribution in [0.3, 0.4) is 0 Å². The highest BCUT2D eigenvalue weighted by Crippen LogP contribution is 2.35. The molecule has 5 heteroatoms. The lowest BCUT2D eigenvalue weighted by molar-refractivity contribution is 0.306. The van der Waals surface area contributed by atoms with Crippen LogP contribution in [-0.2, 0) is 12.5 Å². The Morgan fingerprint density at radius 2 is 1.86 bits per heavy atom. The predicted octanol–water partition coefficient (Wildman–Crippen LogP) is 6.53. The van der Waals surface area contributed by atoms with Gasteiger partial charge in [-0.2, -0.15) is 0 Å². The third-order valence-corrected chi connectivity index (χ3v) is 4.96. The molecule has 0 amide bonds. The lowest BCUT2D eigenvalue weighted by Gasteiger charge is -2.12. The Morgan fingerprint density at radius 3 is 2.67 bits per heavy atom. The van der Waals surface area contributed by atoms with Gasteiger partial charge in [0, 0.05) is 20.8 Å². The van der Waals surface area contributed by atoms with E-state index in [1.165, 1.54) is 10.1 Å². The van der Waals surface area contributed by atoms with E-state index in [1.54, 1.807) is 23.5 Å². The minimum atomic E-state index is 0.306. The van der Waals surface area contributed by atoms with Gasteiger partial charge in [-0.1, -0.05) is 41.4 Å². The maximum Gasteiger partial charge on any atom is 0.142 e. The Kier molecular flexibility index (Phi) is 4.60. The van der Waals surface area contributed by atoms with Crippen molar-refractivity contribution in [2.75, 3.05) is 0 Å². The Morgan fingerprint density at radius 1 is 1.05 bits per heavy atom. The monoisotopic (exact) mass is 356 g/mol. The summed E-state index contributed by atoms with van der Waals surface area (Å²) in [6.45, 7) is 0.454. The van der Waals surface area contributed by atoms with E-state index in [2.05, 4.69) is 17.5 Å². The Labute approximate surface area is 142 Å². The van der Waals surface area contributed by atoms with Gasteiger partial charge < -0.3 is 4.74 Å². The summed E-state index contributed by atoms with van der Waals surface area (Å²) in [6, 6.07) is 11.7. The van der Waals surface area contributed by atoms with Gasteiger partial charge in [-0.05, 0) is 29.0 Å². The van der Waals surface area contributed by atoms with Gasteiger partial charge in [0.1, 0.15) is 12.4 Å². The number of hydrogen-bond donors (Lipinski definition) is 0. The largest absolute Gasteiger partial charge is 0.487 e. The van der Waals surface area contributed by atoms with E-state index >= 15 is 0 Å². The topological polar surface area (TPSA) is 9.23 Å². The molecule has 3 rings (SSSR count). The van der Waals surface area contributed by atoms with E-state index in [0.717, 1.165) is 11.1 Å². The molecule has 0 N–H and O–H groups in total. The molecule has 0 unspecified atom stereocenters. The first kappa shape index (κ1) is 15.0. The van der Waals surface area contributed by atoms with Crippen LogP contribution in [0.4, 0.5) is 0 Å². The fourth-order valence-corrected chi connectivity index (χ4v) is 3.91. The summed E-state index contributed by atoms with van der Waals surface area (Å²) < 4.78 is 7.14. The van der Waals surface area contributed by atoms with Crippen LogP contribution < -0.4 is 4.74 Å². The molecular weight excluding hydrogens is 347 g/mol. The van der Waals surface area contributed by atoms with Crippen LogP contribution in [0.15, 0.2) is 41.8 Å². The molecule has 0 aliphatic rings. The highest BCUT2D eigenvalue weighted by Gasteiger charge is 2.11. The molecule has 1 aromatic heterocycles. The van der Waals surface area contributed by atoms with Crippen molar-refractivity contribution in [3.63, 3.8) is 0 Å². The van der Waals surface area contributed by atoms with Crippen LogP contribution >= 0.6 is 46.1 Å². The second kappa shape index (κ2) is 6.45. The summed E-state index contributed by atoms with van der Waals surface area (Å²) in [6.07, 6.45) is 0. The number of ether oxygens (including phenoxy) is 1. The van der Waals surface area contributed by atoms with Crippen LogP contribution in [-0.4, -0.2) is 0 Å². The summed E-state index contributed by atoms with van der Waals surface area (Å²) >= 11 is 19.8. The first-order valence-corrected chi connectivity index (χ1v) is 8.48. The third-order valence-electron chi connectivity index (χ3n) is 3.16. The highest BCUT2D eigenvalue weighted by atomic mass is 35.5. The van der Waals surface area contributed by atoms with Crippen molar-refractivity contribution in [3.05, 3.63) is 63.0 Å². The van der Waals surface area contributed by atoms with E-state index in [4.69, 9.17) is 39.5 Å². The van der Waals surface area contributed by atoms with Gasteiger partial charge in [0.2, 0.25) is 0 Å². The number of thiophene rings is 1. The minimum absolute atomic E-state index is 0.306. The summed E-state index contributed by atoms with van der Waals surface area (Å²) in [5.41, 5.74) is 1.94. The third kappa shape index (κ3) is 3.14. The van der Waals surface area contributed by atoms with E-state index in [-0.39, 0.29) is 0 Å². The molecule has 0 radical (unpaired) electrons. The van der Waals surface area contributed by atoms with Crippen molar-refractivity contribution in [1.29, 1.82) is 0 Å². The zero-order valence-electron chi connectivity index (χ0n) is 10.9. The van der Waals surface area contributed by atoms with Gasteiger partial charge in [0.15, 0.2) is 0 Å². The maximum absolute atomic E-state index is 6.21. The molecule has 1 heterocycles. The van der Waals surface area contributed by atoms with Crippen LogP contribution in [0.5, 0.6) is 5.75 Å². The standard InChI is InChI=1S/C16H11Cl3OS/c17-7-10-5-12(18)6-14(19)16(10)20-8-11-9-21-15-4-2-1-3-13(11)15/h1-6,9H,7-8H2. The van der Waals surface area contributed by atoms with E-state index < -0.39 is 0 Å². The lowest BCUT2D eigenvalue weighted by Crippen LogP contribution is -1.98. The molecule has 21 heavy (non-hydrogen) atoms. The number of halogens is 3. The molecule has 1 nitrogen and oxygen atoms in total. The van der Waals surface area contributed by atoms with Gasteiger partial charge in [-0.15, -0.1) is 22.9 Å². The molecule has 0 bridgehead atoms. The van der Waals surface area contributed by atoms with Crippen molar-refractivity contribution < 1.29 is 4.74 Å². The number of benzene rings is 2. The fraction of sp³-hybridized carbons (Fsp3) is 0.125. The normalized spacial score (nSPS) is 11.0. The zero-order chi connectivity index (χ0) is 14.8. The van der Waals surface area contributed by atoms with Gasteiger partial charge in [-0.3, -0.25) is 0 Å². The SMILES string of the molecule is ClCc1cc(Cl)cc(Cl)c1OCc1csc2ccccc12. The summed E-state index contributed by atoms with van der Waals surface area (Å²) in [5, 5.41) is 4.36. The molecule has 0 saturated heterocycles. The van der Waals surface area contributed by atoms with Crippen LogP contribution in [0.25, 0.3) is 10.1 Å². The first-order valence-electron chi connectivity index (χ1n) is 6.31. The van der Waals surface area contributed by atoms with Crippen molar-refractivity contribution in [2.45, 2.75) is 12.5 Å². The van der Waals surface area contributed by atoms with Gasteiger partial charge in [0.25, 0.3) is 0 Å². The second-order valence-corrected chi connectivity index (χ2v) is 6.58. The molecule has 0 saturated carbocycles. The number of rotatable bonds is 4. The minimum Gasteiger partial charge on any atom is -0.487 e. The van der Waals surface area contributed by atoms with Crippen molar-refractivity contribution in [1.82, 2.24) is 0 Å². The zero-order valence-corrected chi connectivity index (χ0v) is 14.0. The second-order valence-electron chi connectivity index (χ2n) is 4.56. The molecular formula is C16H11Cl3OS. The first-order chi connectivity index (χ1) is 10.2. The summed E-state index contributed by atoms with van der Waals surface area (Å²) in [7, 11) is 0. The van der Waals surface area contributed by atoms with E-state index in [9.17, 15) is 0 Å². The average Bonchev–Trinajstić information content (AvgIpc) is 2.89. The Balaban J connectivity index is 1.88. The molecule has 0 fully saturated rings. The molecule has 0 atom stereocenters. The molecule has 0 aliphatic carbocycles. The Hall–Kier alpha value is -0.930. The number of hydrogen-bond acceptors (Lipinski definition) is 2. The van der Waals surface area contributed by atoms with Gasteiger partial charge in [0.05, 0.1) is 10.9 Å². The molecule has 0 aliphatic heterocycles. The average molecular weight is 358 g/mol.